The number of anilines is 1. The van der Waals surface area contributed by atoms with Gasteiger partial charge in [-0.15, -0.1) is 0 Å². The zero-order valence-electron chi connectivity index (χ0n) is 10.8. The Hall–Kier alpha value is -1.89. The molecular weight excluding hydrogens is 295 g/mol. The maximum atomic E-state index is 8.80. The van der Waals surface area contributed by atoms with Crippen LogP contribution in [0.25, 0.3) is 0 Å². The standard InChI is InChI=1S/C15H12Cl2N2O/c1-20-12-4-5-13(16)15(7-12)19-9-11-3-2-10(8-18)6-14(11)17/h2-7,19H,9H2,1H3. The largest absolute Gasteiger partial charge is 0.497 e. The number of benzene rings is 2. The molecule has 0 unspecified atom stereocenters. The third-order valence-electron chi connectivity index (χ3n) is 2.82. The van der Waals surface area contributed by atoms with Crippen LogP contribution in [0, 0.1) is 11.3 Å². The average Bonchev–Trinajstić information content (AvgIpc) is 2.47. The minimum atomic E-state index is 0.511. The number of methoxy groups -OCH3 is 1. The Labute approximate surface area is 127 Å². The smallest absolute Gasteiger partial charge is 0.121 e. The molecule has 0 aliphatic rings. The predicted molar refractivity (Wildman–Crippen MR) is 81.5 cm³/mol. The van der Waals surface area contributed by atoms with E-state index in [0.29, 0.717) is 22.2 Å². The second-order valence-electron chi connectivity index (χ2n) is 4.12. The topological polar surface area (TPSA) is 45.0 Å². The number of halogens is 2. The first-order valence-electron chi connectivity index (χ1n) is 5.90. The van der Waals surface area contributed by atoms with Gasteiger partial charge in [0.05, 0.1) is 29.5 Å². The summed E-state index contributed by atoms with van der Waals surface area (Å²) in [5.41, 5.74) is 2.20. The highest BCUT2D eigenvalue weighted by Gasteiger charge is 2.05. The van der Waals surface area contributed by atoms with Gasteiger partial charge in [-0.05, 0) is 29.8 Å². The number of hydrogen-bond donors (Lipinski definition) is 1. The Morgan fingerprint density at radius 3 is 2.60 bits per heavy atom. The first-order valence-corrected chi connectivity index (χ1v) is 6.65. The Morgan fingerprint density at radius 2 is 1.95 bits per heavy atom. The van der Waals surface area contributed by atoms with Gasteiger partial charge in [0.2, 0.25) is 0 Å². The van der Waals surface area contributed by atoms with Crippen molar-refractivity contribution < 1.29 is 4.74 Å². The molecule has 0 saturated carbocycles. The van der Waals surface area contributed by atoms with Crippen LogP contribution in [0.4, 0.5) is 5.69 Å². The molecule has 2 rings (SSSR count). The van der Waals surface area contributed by atoms with Crippen molar-refractivity contribution in [1.82, 2.24) is 0 Å². The molecule has 0 spiro atoms. The summed E-state index contributed by atoms with van der Waals surface area (Å²) >= 11 is 12.2. The molecule has 3 nitrogen and oxygen atoms in total. The van der Waals surface area contributed by atoms with Crippen molar-refractivity contribution in [3.8, 4) is 11.8 Å². The van der Waals surface area contributed by atoms with Crippen LogP contribution in [-0.4, -0.2) is 7.11 Å². The van der Waals surface area contributed by atoms with Crippen LogP contribution < -0.4 is 10.1 Å². The van der Waals surface area contributed by atoms with Gasteiger partial charge < -0.3 is 10.1 Å². The highest BCUT2D eigenvalue weighted by atomic mass is 35.5. The van der Waals surface area contributed by atoms with Crippen molar-refractivity contribution in [2.24, 2.45) is 0 Å². The first kappa shape index (κ1) is 14.5. The van der Waals surface area contributed by atoms with E-state index in [1.807, 2.05) is 12.1 Å². The van der Waals surface area contributed by atoms with Crippen molar-refractivity contribution in [2.45, 2.75) is 6.54 Å². The molecule has 5 heteroatoms. The highest BCUT2D eigenvalue weighted by molar-refractivity contribution is 6.33. The van der Waals surface area contributed by atoms with E-state index in [0.717, 1.165) is 17.0 Å². The molecule has 0 amide bonds. The van der Waals surface area contributed by atoms with Crippen LogP contribution >= 0.6 is 23.2 Å². The molecule has 0 radical (unpaired) electrons. The molecule has 0 heterocycles. The fourth-order valence-corrected chi connectivity index (χ4v) is 2.15. The van der Waals surface area contributed by atoms with Crippen LogP contribution in [0.1, 0.15) is 11.1 Å². The molecule has 0 saturated heterocycles. The highest BCUT2D eigenvalue weighted by Crippen LogP contribution is 2.28. The lowest BCUT2D eigenvalue weighted by Crippen LogP contribution is -2.01. The second-order valence-corrected chi connectivity index (χ2v) is 4.93. The Balaban J connectivity index is 2.15. The number of nitriles is 1. The summed E-state index contributed by atoms with van der Waals surface area (Å²) in [6, 6.07) is 12.6. The van der Waals surface area contributed by atoms with Crippen molar-refractivity contribution >= 4 is 28.9 Å². The molecule has 2 aromatic rings. The van der Waals surface area contributed by atoms with Crippen LogP contribution in [0.5, 0.6) is 5.75 Å². The molecule has 20 heavy (non-hydrogen) atoms. The maximum absolute atomic E-state index is 8.80. The Kier molecular flexibility index (Phi) is 4.73. The van der Waals surface area contributed by atoms with Crippen molar-refractivity contribution in [1.29, 1.82) is 5.26 Å². The summed E-state index contributed by atoms with van der Waals surface area (Å²) in [5.74, 6) is 0.725. The van der Waals surface area contributed by atoms with E-state index in [-0.39, 0.29) is 0 Å². The third-order valence-corrected chi connectivity index (χ3v) is 3.51. The fraction of sp³-hybridized carbons (Fsp3) is 0.133. The number of hydrogen-bond acceptors (Lipinski definition) is 3. The zero-order valence-corrected chi connectivity index (χ0v) is 12.3. The van der Waals surface area contributed by atoms with E-state index >= 15 is 0 Å². The molecule has 2 aromatic carbocycles. The summed E-state index contributed by atoms with van der Waals surface area (Å²) in [4.78, 5) is 0. The molecule has 0 atom stereocenters. The quantitative estimate of drug-likeness (QED) is 0.905. The van der Waals surface area contributed by atoms with Crippen molar-refractivity contribution in [2.75, 3.05) is 12.4 Å². The van der Waals surface area contributed by atoms with E-state index in [1.54, 1.807) is 31.4 Å². The van der Waals surface area contributed by atoms with Gasteiger partial charge in [0.1, 0.15) is 5.75 Å². The van der Waals surface area contributed by atoms with Gasteiger partial charge >= 0.3 is 0 Å². The number of rotatable bonds is 4. The lowest BCUT2D eigenvalue weighted by molar-refractivity contribution is 0.415. The SMILES string of the molecule is COc1ccc(Cl)c(NCc2ccc(C#N)cc2Cl)c1. The molecule has 0 fully saturated rings. The van der Waals surface area contributed by atoms with E-state index in [9.17, 15) is 0 Å². The molecule has 0 bridgehead atoms. The first-order chi connectivity index (χ1) is 9.63. The third kappa shape index (κ3) is 3.36. The predicted octanol–water partition coefficient (Wildman–Crippen LogP) is 4.49. The summed E-state index contributed by atoms with van der Waals surface area (Å²) < 4.78 is 5.16. The lowest BCUT2D eigenvalue weighted by Gasteiger charge is -2.11. The van der Waals surface area contributed by atoms with Gasteiger partial charge in [0, 0.05) is 17.6 Å². The normalized spacial score (nSPS) is 9.90. The van der Waals surface area contributed by atoms with E-state index in [4.69, 9.17) is 33.2 Å². The Morgan fingerprint density at radius 1 is 1.15 bits per heavy atom. The molecule has 0 aromatic heterocycles. The molecule has 1 N–H and O–H groups in total. The molecule has 0 aliphatic carbocycles. The van der Waals surface area contributed by atoms with E-state index in [1.165, 1.54) is 0 Å². The molecular formula is C15H12Cl2N2O. The van der Waals surface area contributed by atoms with Gasteiger partial charge in [-0.2, -0.15) is 5.26 Å². The summed E-state index contributed by atoms with van der Waals surface area (Å²) in [5, 5.41) is 13.2. The Bertz CT molecular complexity index is 665. The summed E-state index contributed by atoms with van der Waals surface area (Å²) in [6.07, 6.45) is 0. The zero-order chi connectivity index (χ0) is 14.5. The molecule has 0 aliphatic heterocycles. The summed E-state index contributed by atoms with van der Waals surface area (Å²) in [7, 11) is 1.60. The van der Waals surface area contributed by atoms with Crippen molar-refractivity contribution in [3.05, 3.63) is 57.6 Å². The van der Waals surface area contributed by atoms with Gasteiger partial charge in [0.25, 0.3) is 0 Å². The van der Waals surface area contributed by atoms with Gasteiger partial charge in [0.15, 0.2) is 0 Å². The van der Waals surface area contributed by atoms with Gasteiger partial charge in [-0.1, -0.05) is 29.3 Å². The number of nitrogens with zero attached hydrogens (tertiary/aromatic N) is 1. The van der Waals surface area contributed by atoms with Crippen LogP contribution in [-0.2, 0) is 6.54 Å². The number of ether oxygens (including phenoxy) is 1. The van der Waals surface area contributed by atoms with Crippen LogP contribution in [0.15, 0.2) is 36.4 Å². The van der Waals surface area contributed by atoms with E-state index < -0.39 is 0 Å². The van der Waals surface area contributed by atoms with E-state index in [2.05, 4.69) is 11.4 Å². The molecule has 102 valence electrons. The van der Waals surface area contributed by atoms with Gasteiger partial charge in [-0.25, -0.2) is 0 Å². The second kappa shape index (κ2) is 6.51. The fourth-order valence-electron chi connectivity index (χ4n) is 1.72. The van der Waals surface area contributed by atoms with Crippen LogP contribution in [0.3, 0.4) is 0 Å². The average molecular weight is 307 g/mol. The maximum Gasteiger partial charge on any atom is 0.121 e. The van der Waals surface area contributed by atoms with Crippen LogP contribution in [0.2, 0.25) is 10.0 Å². The minimum Gasteiger partial charge on any atom is -0.497 e. The monoisotopic (exact) mass is 306 g/mol. The number of nitrogens with one attached hydrogen (secondary N) is 1. The van der Waals surface area contributed by atoms with Gasteiger partial charge in [-0.3, -0.25) is 0 Å². The lowest BCUT2D eigenvalue weighted by atomic mass is 10.1. The summed E-state index contributed by atoms with van der Waals surface area (Å²) in [6.45, 7) is 0.511. The van der Waals surface area contributed by atoms with Crippen molar-refractivity contribution in [3.63, 3.8) is 0 Å². The minimum absolute atomic E-state index is 0.511.